The Kier molecular flexibility index (Phi) is 2.57. The molecule has 0 radical (unpaired) electrons. The van der Waals surface area contributed by atoms with Gasteiger partial charge in [0.15, 0.2) is 5.60 Å². The van der Waals surface area contributed by atoms with E-state index >= 15 is 0 Å². The Balaban J connectivity index is 2.75. The number of hydrogen-bond acceptors (Lipinski definition) is 4. The van der Waals surface area contributed by atoms with Crippen molar-refractivity contribution >= 4 is 5.97 Å². The molecule has 0 aliphatic rings. The summed E-state index contributed by atoms with van der Waals surface area (Å²) in [5.74, 6) is -0.963. The molecular formula is C8H10N2O3. The molecule has 0 fully saturated rings. The van der Waals surface area contributed by atoms with E-state index in [0.29, 0.717) is 5.82 Å². The molecule has 1 atom stereocenters. The second-order valence-electron chi connectivity index (χ2n) is 2.92. The van der Waals surface area contributed by atoms with Gasteiger partial charge in [0.25, 0.3) is 0 Å². The van der Waals surface area contributed by atoms with Crippen LogP contribution in [0.3, 0.4) is 0 Å². The third-order valence-corrected chi connectivity index (χ3v) is 1.58. The van der Waals surface area contributed by atoms with E-state index in [-0.39, 0.29) is 6.42 Å². The lowest BCUT2D eigenvalue weighted by atomic mass is 10.0. The van der Waals surface area contributed by atoms with Gasteiger partial charge in [0, 0.05) is 18.8 Å². The average Bonchev–Trinajstić information content (AvgIpc) is 2.05. The second-order valence-corrected chi connectivity index (χ2v) is 2.92. The molecular weight excluding hydrogens is 172 g/mol. The first-order valence-electron chi connectivity index (χ1n) is 3.74. The molecule has 0 spiro atoms. The van der Waals surface area contributed by atoms with Gasteiger partial charge < -0.3 is 10.2 Å². The predicted molar refractivity (Wildman–Crippen MR) is 44.0 cm³/mol. The largest absolute Gasteiger partial charge is 0.479 e. The van der Waals surface area contributed by atoms with Crippen molar-refractivity contribution in [1.29, 1.82) is 0 Å². The van der Waals surface area contributed by atoms with Crippen LogP contribution in [0.4, 0.5) is 0 Å². The zero-order valence-corrected chi connectivity index (χ0v) is 7.14. The quantitative estimate of drug-likeness (QED) is 0.679. The van der Waals surface area contributed by atoms with Crippen LogP contribution in [0.2, 0.25) is 0 Å². The summed E-state index contributed by atoms with van der Waals surface area (Å²) in [6.07, 6.45) is 2.91. The molecule has 0 saturated heterocycles. The molecule has 1 aromatic rings. The Bertz CT molecular complexity index is 298. The highest BCUT2D eigenvalue weighted by Gasteiger charge is 2.31. The zero-order chi connectivity index (χ0) is 9.90. The highest BCUT2D eigenvalue weighted by Crippen LogP contribution is 2.09. The lowest BCUT2D eigenvalue weighted by Crippen LogP contribution is -2.37. The molecule has 0 bridgehead atoms. The maximum Gasteiger partial charge on any atom is 0.335 e. The molecule has 0 aliphatic carbocycles. The number of nitrogens with zero attached hydrogens (tertiary/aromatic N) is 2. The van der Waals surface area contributed by atoms with E-state index in [2.05, 4.69) is 9.97 Å². The van der Waals surface area contributed by atoms with Crippen molar-refractivity contribution in [3.63, 3.8) is 0 Å². The fourth-order valence-electron chi connectivity index (χ4n) is 0.805. The smallest absolute Gasteiger partial charge is 0.335 e. The van der Waals surface area contributed by atoms with Crippen LogP contribution in [-0.2, 0) is 11.2 Å². The number of aromatic nitrogens is 2. The first-order valence-corrected chi connectivity index (χ1v) is 3.74. The molecule has 70 valence electrons. The number of aliphatic carboxylic acids is 1. The third kappa shape index (κ3) is 2.48. The van der Waals surface area contributed by atoms with Crippen molar-refractivity contribution in [2.45, 2.75) is 18.9 Å². The zero-order valence-electron chi connectivity index (χ0n) is 7.14. The molecule has 5 heteroatoms. The van der Waals surface area contributed by atoms with Crippen LogP contribution >= 0.6 is 0 Å². The minimum atomic E-state index is -1.80. The number of carboxylic acid groups (broad SMARTS) is 1. The number of carbonyl (C=O) groups is 1. The third-order valence-electron chi connectivity index (χ3n) is 1.58. The molecule has 5 nitrogen and oxygen atoms in total. The highest BCUT2D eigenvalue weighted by molar-refractivity contribution is 5.76. The fraction of sp³-hybridized carbons (Fsp3) is 0.375. The molecule has 0 saturated carbocycles. The summed E-state index contributed by atoms with van der Waals surface area (Å²) in [6.45, 7) is 1.21. The number of rotatable bonds is 3. The standard InChI is InChI=1S/C8H10N2O3/c1-8(13,7(11)12)5-6-9-3-2-4-10-6/h2-4,13H,5H2,1H3,(H,11,12). The molecule has 1 unspecified atom stereocenters. The summed E-state index contributed by atoms with van der Waals surface area (Å²) in [4.78, 5) is 18.1. The van der Waals surface area contributed by atoms with Gasteiger partial charge in [0.05, 0.1) is 0 Å². The van der Waals surface area contributed by atoms with E-state index in [1.165, 1.54) is 19.3 Å². The Morgan fingerprint density at radius 3 is 2.54 bits per heavy atom. The van der Waals surface area contributed by atoms with Gasteiger partial charge in [-0.2, -0.15) is 0 Å². The Morgan fingerprint density at radius 2 is 2.08 bits per heavy atom. The lowest BCUT2D eigenvalue weighted by Gasteiger charge is -2.15. The van der Waals surface area contributed by atoms with Crippen LogP contribution < -0.4 is 0 Å². The van der Waals surface area contributed by atoms with Crippen molar-refractivity contribution in [3.05, 3.63) is 24.3 Å². The monoisotopic (exact) mass is 182 g/mol. The fourth-order valence-corrected chi connectivity index (χ4v) is 0.805. The molecule has 1 aromatic heterocycles. The number of aliphatic hydroxyl groups is 1. The molecule has 1 rings (SSSR count). The molecule has 2 N–H and O–H groups in total. The topological polar surface area (TPSA) is 83.3 Å². The molecule has 0 amide bonds. The van der Waals surface area contributed by atoms with Gasteiger partial charge in [-0.1, -0.05) is 0 Å². The maximum absolute atomic E-state index is 10.5. The van der Waals surface area contributed by atoms with Gasteiger partial charge in [0.2, 0.25) is 0 Å². The van der Waals surface area contributed by atoms with E-state index in [1.807, 2.05) is 0 Å². The van der Waals surface area contributed by atoms with Crippen molar-refractivity contribution in [2.75, 3.05) is 0 Å². The van der Waals surface area contributed by atoms with Crippen LogP contribution in [-0.4, -0.2) is 31.8 Å². The van der Waals surface area contributed by atoms with Crippen molar-refractivity contribution in [3.8, 4) is 0 Å². The first-order chi connectivity index (χ1) is 6.02. The van der Waals surface area contributed by atoms with Gasteiger partial charge in [-0.05, 0) is 13.0 Å². The highest BCUT2D eigenvalue weighted by atomic mass is 16.4. The number of carboxylic acids is 1. The van der Waals surface area contributed by atoms with E-state index < -0.39 is 11.6 Å². The molecule has 13 heavy (non-hydrogen) atoms. The molecule has 0 aromatic carbocycles. The average molecular weight is 182 g/mol. The normalized spacial score (nSPS) is 14.9. The van der Waals surface area contributed by atoms with Crippen molar-refractivity contribution in [2.24, 2.45) is 0 Å². The van der Waals surface area contributed by atoms with E-state index in [0.717, 1.165) is 0 Å². The van der Waals surface area contributed by atoms with Gasteiger partial charge in [-0.25, -0.2) is 14.8 Å². The first kappa shape index (κ1) is 9.60. The van der Waals surface area contributed by atoms with Crippen LogP contribution in [0.5, 0.6) is 0 Å². The molecule has 1 heterocycles. The van der Waals surface area contributed by atoms with Gasteiger partial charge in [-0.15, -0.1) is 0 Å². The lowest BCUT2D eigenvalue weighted by molar-refractivity contribution is -0.156. The summed E-state index contributed by atoms with van der Waals surface area (Å²) in [5, 5.41) is 18.0. The van der Waals surface area contributed by atoms with Gasteiger partial charge >= 0.3 is 5.97 Å². The van der Waals surface area contributed by atoms with Crippen LogP contribution in [0.25, 0.3) is 0 Å². The number of hydrogen-bond donors (Lipinski definition) is 2. The van der Waals surface area contributed by atoms with Crippen LogP contribution in [0.1, 0.15) is 12.7 Å². The Labute approximate surface area is 75.1 Å². The maximum atomic E-state index is 10.5. The minimum absolute atomic E-state index is 0.0941. The van der Waals surface area contributed by atoms with E-state index in [9.17, 15) is 9.90 Å². The summed E-state index contributed by atoms with van der Waals surface area (Å²) < 4.78 is 0. The summed E-state index contributed by atoms with van der Waals surface area (Å²) >= 11 is 0. The van der Waals surface area contributed by atoms with E-state index in [1.54, 1.807) is 6.07 Å². The SMILES string of the molecule is CC(O)(Cc1ncccn1)C(=O)O. The molecule has 0 aliphatic heterocycles. The Hall–Kier alpha value is -1.49. The predicted octanol–water partition coefficient (Wildman–Crippen LogP) is -0.145. The minimum Gasteiger partial charge on any atom is -0.479 e. The van der Waals surface area contributed by atoms with E-state index in [4.69, 9.17) is 5.11 Å². The summed E-state index contributed by atoms with van der Waals surface area (Å²) in [7, 11) is 0. The van der Waals surface area contributed by atoms with Crippen LogP contribution in [0, 0.1) is 0 Å². The van der Waals surface area contributed by atoms with Crippen molar-refractivity contribution in [1.82, 2.24) is 9.97 Å². The van der Waals surface area contributed by atoms with Crippen molar-refractivity contribution < 1.29 is 15.0 Å². The van der Waals surface area contributed by atoms with Gasteiger partial charge in [0.1, 0.15) is 5.82 Å². The summed E-state index contributed by atoms with van der Waals surface area (Å²) in [5.41, 5.74) is -1.80. The summed E-state index contributed by atoms with van der Waals surface area (Å²) in [6, 6.07) is 1.62. The second kappa shape index (κ2) is 3.49. The van der Waals surface area contributed by atoms with Gasteiger partial charge in [-0.3, -0.25) is 0 Å². The van der Waals surface area contributed by atoms with Crippen LogP contribution in [0.15, 0.2) is 18.5 Å². The Morgan fingerprint density at radius 1 is 1.54 bits per heavy atom.